The van der Waals surface area contributed by atoms with E-state index in [4.69, 9.17) is 14.2 Å². The van der Waals surface area contributed by atoms with Crippen molar-refractivity contribution in [1.82, 2.24) is 0 Å². The number of unbranched alkanes of at least 4 members (excludes halogenated alkanes) is 24. The van der Waals surface area contributed by atoms with Crippen molar-refractivity contribution in [3.63, 3.8) is 0 Å². The van der Waals surface area contributed by atoms with Gasteiger partial charge in [0.25, 0.3) is 0 Å². The standard InChI is InChI=1S/C54H94O6/c1-4-7-10-13-16-19-22-24-26-28-29-32-35-38-41-44-47-53(56)59-50-51(49-58-52(55)46-43-40-37-34-31-21-18-15-12-9-6-3)60-54(57)48-45-42-39-36-33-30-27-25-23-20-17-14-11-8-5-2/h9,12,18,20-21,23,26,28,34,37,51H,4-8,10-11,13-17,19,22,24-25,27,29-33,35-36,38-50H2,1-3H3/b12-9-,21-18-,23-20-,28-26-,37-34-. The Hall–Kier alpha value is -2.89. The molecule has 0 aromatic carbocycles. The second-order valence-corrected chi connectivity index (χ2v) is 16.7. The molecule has 0 rings (SSSR count). The highest BCUT2D eigenvalue weighted by atomic mass is 16.6. The minimum absolute atomic E-state index is 0.0957. The van der Waals surface area contributed by atoms with Gasteiger partial charge in [-0.2, -0.15) is 0 Å². The van der Waals surface area contributed by atoms with Crippen LogP contribution in [-0.4, -0.2) is 37.2 Å². The first-order chi connectivity index (χ1) is 29.5. The van der Waals surface area contributed by atoms with E-state index in [0.717, 1.165) is 70.6 Å². The number of hydrogen-bond donors (Lipinski definition) is 0. The quantitative estimate of drug-likeness (QED) is 0.0263. The summed E-state index contributed by atoms with van der Waals surface area (Å²) in [5.74, 6) is -0.963. The second kappa shape index (κ2) is 48.8. The van der Waals surface area contributed by atoms with Crippen molar-refractivity contribution >= 4 is 17.9 Å². The third-order valence-corrected chi connectivity index (χ3v) is 10.7. The van der Waals surface area contributed by atoms with Crippen LogP contribution in [0.4, 0.5) is 0 Å². The van der Waals surface area contributed by atoms with Gasteiger partial charge in [-0.25, -0.2) is 0 Å². The van der Waals surface area contributed by atoms with Crippen molar-refractivity contribution in [2.24, 2.45) is 0 Å². The summed E-state index contributed by atoms with van der Waals surface area (Å²) in [6, 6.07) is 0. The van der Waals surface area contributed by atoms with Gasteiger partial charge < -0.3 is 14.2 Å². The molecule has 0 bridgehead atoms. The van der Waals surface area contributed by atoms with Crippen LogP contribution in [0.2, 0.25) is 0 Å². The predicted molar refractivity (Wildman–Crippen MR) is 256 cm³/mol. The Labute approximate surface area is 370 Å². The van der Waals surface area contributed by atoms with E-state index in [1.165, 1.54) is 128 Å². The van der Waals surface area contributed by atoms with Crippen LogP contribution in [0.1, 0.15) is 245 Å². The average molecular weight is 839 g/mol. The summed E-state index contributed by atoms with van der Waals surface area (Å²) in [6.45, 7) is 6.45. The van der Waals surface area contributed by atoms with Crippen LogP contribution >= 0.6 is 0 Å². The lowest BCUT2D eigenvalue weighted by Gasteiger charge is -2.18. The molecule has 0 aromatic rings. The Morgan fingerprint density at radius 2 is 0.667 bits per heavy atom. The van der Waals surface area contributed by atoms with Crippen LogP contribution in [0.25, 0.3) is 0 Å². The first-order valence-electron chi connectivity index (χ1n) is 25.3. The van der Waals surface area contributed by atoms with Crippen LogP contribution in [0.5, 0.6) is 0 Å². The van der Waals surface area contributed by atoms with Gasteiger partial charge in [0.1, 0.15) is 13.2 Å². The van der Waals surface area contributed by atoms with E-state index < -0.39 is 6.10 Å². The maximum Gasteiger partial charge on any atom is 0.306 e. The highest BCUT2D eigenvalue weighted by molar-refractivity contribution is 5.71. The Morgan fingerprint density at radius 3 is 1.12 bits per heavy atom. The largest absolute Gasteiger partial charge is 0.462 e. The SMILES string of the molecule is CC/C=C\C/C=C\C/C=C\CCCC(=O)OCC(COC(=O)CCCCCCC/C=C\CCCCCCCCC)OC(=O)CCCCCCCCC/C=C\CCCCCC. The molecule has 1 unspecified atom stereocenters. The molecule has 0 aromatic heterocycles. The van der Waals surface area contributed by atoms with Crippen molar-refractivity contribution in [3.8, 4) is 0 Å². The van der Waals surface area contributed by atoms with Gasteiger partial charge in [-0.3, -0.25) is 14.4 Å². The topological polar surface area (TPSA) is 78.9 Å². The molecule has 0 aliphatic heterocycles. The van der Waals surface area contributed by atoms with Gasteiger partial charge in [0.05, 0.1) is 0 Å². The van der Waals surface area contributed by atoms with E-state index in [-0.39, 0.29) is 37.5 Å². The zero-order valence-corrected chi connectivity index (χ0v) is 39.5. The molecule has 60 heavy (non-hydrogen) atoms. The van der Waals surface area contributed by atoms with Crippen LogP contribution in [0, 0.1) is 0 Å². The van der Waals surface area contributed by atoms with Crippen LogP contribution in [0.3, 0.4) is 0 Å². The normalized spacial score (nSPS) is 12.5. The molecule has 0 heterocycles. The number of allylic oxidation sites excluding steroid dienone is 10. The molecule has 6 nitrogen and oxygen atoms in total. The summed E-state index contributed by atoms with van der Waals surface area (Å²) >= 11 is 0. The fourth-order valence-electron chi connectivity index (χ4n) is 6.92. The lowest BCUT2D eigenvalue weighted by Crippen LogP contribution is -2.30. The Bertz CT molecular complexity index is 1100. The minimum Gasteiger partial charge on any atom is -0.462 e. The van der Waals surface area contributed by atoms with E-state index in [1.54, 1.807) is 0 Å². The molecule has 0 aliphatic rings. The van der Waals surface area contributed by atoms with E-state index in [0.29, 0.717) is 19.3 Å². The second-order valence-electron chi connectivity index (χ2n) is 16.7. The van der Waals surface area contributed by atoms with Gasteiger partial charge in [0.15, 0.2) is 6.10 Å². The van der Waals surface area contributed by atoms with Gasteiger partial charge in [0.2, 0.25) is 0 Å². The molecular weight excluding hydrogens is 745 g/mol. The van der Waals surface area contributed by atoms with Crippen molar-refractivity contribution in [1.29, 1.82) is 0 Å². The number of rotatable bonds is 45. The van der Waals surface area contributed by atoms with Gasteiger partial charge in [-0.15, -0.1) is 0 Å². The summed E-state index contributed by atoms with van der Waals surface area (Å²) in [5.41, 5.74) is 0. The van der Waals surface area contributed by atoms with Gasteiger partial charge in [-0.1, -0.05) is 191 Å². The van der Waals surface area contributed by atoms with E-state index in [1.807, 2.05) is 0 Å². The molecule has 0 amide bonds. The highest BCUT2D eigenvalue weighted by Crippen LogP contribution is 2.14. The van der Waals surface area contributed by atoms with E-state index in [2.05, 4.69) is 81.5 Å². The number of carbonyl (C=O) groups is 3. The predicted octanol–water partition coefficient (Wildman–Crippen LogP) is 16.5. The maximum absolute atomic E-state index is 12.8. The molecule has 0 spiro atoms. The zero-order chi connectivity index (χ0) is 43.7. The summed E-state index contributed by atoms with van der Waals surface area (Å²) < 4.78 is 16.7. The molecule has 0 saturated heterocycles. The van der Waals surface area contributed by atoms with Crippen LogP contribution in [0.15, 0.2) is 60.8 Å². The highest BCUT2D eigenvalue weighted by Gasteiger charge is 2.19. The maximum atomic E-state index is 12.8. The minimum atomic E-state index is -0.798. The summed E-state index contributed by atoms with van der Waals surface area (Å²) in [5, 5.41) is 0. The van der Waals surface area contributed by atoms with Gasteiger partial charge in [0, 0.05) is 19.3 Å². The number of carbonyl (C=O) groups excluding carboxylic acids is 3. The van der Waals surface area contributed by atoms with Crippen molar-refractivity contribution in [2.75, 3.05) is 13.2 Å². The zero-order valence-electron chi connectivity index (χ0n) is 39.5. The molecule has 6 heteroatoms. The number of hydrogen-bond acceptors (Lipinski definition) is 6. The van der Waals surface area contributed by atoms with E-state index >= 15 is 0 Å². The molecule has 0 fully saturated rings. The number of ether oxygens (including phenoxy) is 3. The van der Waals surface area contributed by atoms with Gasteiger partial charge in [-0.05, 0) is 96.3 Å². The average Bonchev–Trinajstić information content (AvgIpc) is 3.24. The molecule has 1 atom stereocenters. The molecule has 0 N–H and O–H groups in total. The molecule has 0 saturated carbocycles. The smallest absolute Gasteiger partial charge is 0.306 e. The first-order valence-corrected chi connectivity index (χ1v) is 25.3. The number of esters is 3. The summed E-state index contributed by atoms with van der Waals surface area (Å²) in [4.78, 5) is 37.9. The molecule has 0 aliphatic carbocycles. The lowest BCUT2D eigenvalue weighted by atomic mass is 10.1. The Kier molecular flexibility index (Phi) is 46.4. The van der Waals surface area contributed by atoms with Crippen molar-refractivity contribution in [3.05, 3.63) is 60.8 Å². The van der Waals surface area contributed by atoms with Gasteiger partial charge >= 0.3 is 17.9 Å². The fourth-order valence-corrected chi connectivity index (χ4v) is 6.92. The van der Waals surface area contributed by atoms with Crippen LogP contribution < -0.4 is 0 Å². The molecule has 346 valence electrons. The van der Waals surface area contributed by atoms with Crippen molar-refractivity contribution < 1.29 is 28.6 Å². The first kappa shape index (κ1) is 57.1. The monoisotopic (exact) mass is 839 g/mol. The van der Waals surface area contributed by atoms with Crippen LogP contribution in [-0.2, 0) is 28.6 Å². The Morgan fingerprint density at radius 1 is 0.350 bits per heavy atom. The lowest BCUT2D eigenvalue weighted by molar-refractivity contribution is -0.167. The summed E-state index contributed by atoms with van der Waals surface area (Å²) in [7, 11) is 0. The third kappa shape index (κ3) is 46.2. The molecule has 0 radical (unpaired) electrons. The van der Waals surface area contributed by atoms with E-state index in [9.17, 15) is 14.4 Å². The Balaban J connectivity index is 4.42. The fraction of sp³-hybridized carbons (Fsp3) is 0.759. The molecular formula is C54H94O6. The van der Waals surface area contributed by atoms with Crippen molar-refractivity contribution in [2.45, 2.75) is 252 Å². The summed E-state index contributed by atoms with van der Waals surface area (Å²) in [6.07, 6.45) is 59.3. The third-order valence-electron chi connectivity index (χ3n) is 10.7.